The Morgan fingerprint density at radius 3 is 2.43 bits per heavy atom. The average molecular weight is 399 g/mol. The van der Waals surface area contributed by atoms with Crippen LogP contribution in [0.1, 0.15) is 10.4 Å². The highest BCUT2D eigenvalue weighted by molar-refractivity contribution is 7.80. The van der Waals surface area contributed by atoms with Gasteiger partial charge in [-0.1, -0.05) is 24.3 Å². The average Bonchev–Trinajstić information content (AvgIpc) is 2.69. The Kier molecular flexibility index (Phi) is 6.17. The third-order valence-corrected chi connectivity index (χ3v) is 4.77. The summed E-state index contributed by atoms with van der Waals surface area (Å²) in [7, 11) is 2.09. The van der Waals surface area contributed by atoms with E-state index in [1.54, 1.807) is 6.07 Å². The van der Waals surface area contributed by atoms with Gasteiger partial charge in [-0.2, -0.15) is 0 Å². The van der Waals surface area contributed by atoms with E-state index in [0.717, 1.165) is 37.6 Å². The van der Waals surface area contributed by atoms with Crippen molar-refractivity contribution in [3.05, 3.63) is 64.2 Å². The fourth-order valence-corrected chi connectivity index (χ4v) is 3.25. The van der Waals surface area contributed by atoms with Crippen LogP contribution in [0.5, 0.6) is 0 Å². The third kappa shape index (κ3) is 4.62. The van der Waals surface area contributed by atoms with E-state index in [4.69, 9.17) is 12.2 Å². The van der Waals surface area contributed by atoms with Crippen LogP contribution in [0.2, 0.25) is 0 Å². The molecule has 0 spiro atoms. The molecule has 0 unspecified atom stereocenters. The molecule has 0 saturated carbocycles. The highest BCUT2D eigenvalue weighted by atomic mass is 32.1. The maximum Gasteiger partial charge on any atom is 0.282 e. The van der Waals surface area contributed by atoms with Crippen LogP contribution < -0.4 is 15.5 Å². The number of nitrogens with one attached hydrogen (secondary N) is 2. The molecule has 1 aliphatic heterocycles. The number of piperazine rings is 1. The summed E-state index contributed by atoms with van der Waals surface area (Å²) in [6, 6.07) is 13.5. The number of para-hydroxylation sites is 3. The summed E-state index contributed by atoms with van der Waals surface area (Å²) in [5, 5.41) is 16.8. The first-order valence-corrected chi connectivity index (χ1v) is 9.25. The molecule has 1 fully saturated rings. The van der Waals surface area contributed by atoms with Crippen LogP contribution in [0.3, 0.4) is 0 Å². The summed E-state index contributed by atoms with van der Waals surface area (Å²) in [5.41, 5.74) is 1.47. The van der Waals surface area contributed by atoms with Gasteiger partial charge in [0.05, 0.1) is 16.3 Å². The van der Waals surface area contributed by atoms with Gasteiger partial charge in [0, 0.05) is 32.2 Å². The monoisotopic (exact) mass is 399 g/mol. The first kappa shape index (κ1) is 19.7. The molecule has 8 nitrogen and oxygen atoms in total. The quantitative estimate of drug-likeness (QED) is 0.464. The molecule has 2 aromatic rings. The van der Waals surface area contributed by atoms with Gasteiger partial charge in [-0.15, -0.1) is 0 Å². The zero-order valence-corrected chi connectivity index (χ0v) is 16.2. The Bertz CT molecular complexity index is 897. The second-order valence-electron chi connectivity index (χ2n) is 6.49. The summed E-state index contributed by atoms with van der Waals surface area (Å²) in [4.78, 5) is 27.5. The molecule has 1 aliphatic rings. The van der Waals surface area contributed by atoms with Crippen LogP contribution in [-0.4, -0.2) is 54.1 Å². The Morgan fingerprint density at radius 2 is 1.71 bits per heavy atom. The Balaban J connectivity index is 1.71. The topological polar surface area (TPSA) is 90.8 Å². The third-order valence-electron chi connectivity index (χ3n) is 4.57. The predicted molar refractivity (Wildman–Crippen MR) is 113 cm³/mol. The number of amides is 1. The minimum atomic E-state index is -0.623. The number of hydrogen-bond donors (Lipinski definition) is 2. The number of benzene rings is 2. The molecule has 0 radical (unpaired) electrons. The first-order valence-electron chi connectivity index (χ1n) is 8.84. The van der Waals surface area contributed by atoms with Crippen molar-refractivity contribution >= 4 is 40.3 Å². The number of likely N-dealkylation sites (N-methyl/N-ethyl adjacent to an activating group) is 1. The van der Waals surface area contributed by atoms with Crippen molar-refractivity contribution in [1.29, 1.82) is 0 Å². The van der Waals surface area contributed by atoms with Crippen molar-refractivity contribution in [1.82, 2.24) is 10.2 Å². The standard InChI is InChI=1S/C19H21N5O3S/c1-22-10-12-23(13-11-22)17-9-5-3-7-15(17)20-19(28)21-18(25)14-6-2-4-8-16(14)24(26)27/h2-9H,10-13H2,1H3,(H2,20,21,25,28). The molecule has 1 heterocycles. The molecule has 28 heavy (non-hydrogen) atoms. The van der Waals surface area contributed by atoms with Crippen molar-refractivity contribution in [3.8, 4) is 0 Å². The van der Waals surface area contributed by atoms with Crippen LogP contribution in [-0.2, 0) is 0 Å². The first-order chi connectivity index (χ1) is 13.5. The zero-order chi connectivity index (χ0) is 20.1. The van der Waals surface area contributed by atoms with Gasteiger partial charge in [0.2, 0.25) is 0 Å². The van der Waals surface area contributed by atoms with Crippen LogP contribution in [0.15, 0.2) is 48.5 Å². The van der Waals surface area contributed by atoms with E-state index in [-0.39, 0.29) is 16.4 Å². The highest BCUT2D eigenvalue weighted by Gasteiger charge is 2.21. The van der Waals surface area contributed by atoms with E-state index in [1.807, 2.05) is 24.3 Å². The van der Waals surface area contributed by atoms with Crippen molar-refractivity contribution in [2.45, 2.75) is 0 Å². The second kappa shape index (κ2) is 8.77. The molecule has 0 aromatic heterocycles. The van der Waals surface area contributed by atoms with Crippen molar-refractivity contribution in [2.75, 3.05) is 43.4 Å². The molecule has 146 valence electrons. The minimum absolute atomic E-state index is 0.0380. The van der Waals surface area contributed by atoms with E-state index in [1.165, 1.54) is 18.2 Å². The number of thiocarbonyl (C=S) groups is 1. The van der Waals surface area contributed by atoms with E-state index in [2.05, 4.69) is 27.5 Å². The number of carbonyl (C=O) groups excluding carboxylic acids is 1. The Morgan fingerprint density at radius 1 is 1.07 bits per heavy atom. The molecular formula is C19H21N5O3S. The summed E-state index contributed by atoms with van der Waals surface area (Å²) >= 11 is 5.26. The number of rotatable bonds is 4. The van der Waals surface area contributed by atoms with E-state index in [0.29, 0.717) is 0 Å². The fraction of sp³-hybridized carbons (Fsp3) is 0.263. The smallest absolute Gasteiger partial charge is 0.282 e. The Labute approximate surface area is 168 Å². The van der Waals surface area contributed by atoms with Crippen molar-refractivity contribution in [2.24, 2.45) is 0 Å². The maximum absolute atomic E-state index is 12.4. The maximum atomic E-state index is 12.4. The lowest BCUT2D eigenvalue weighted by Gasteiger charge is -2.35. The molecule has 2 N–H and O–H groups in total. The lowest BCUT2D eigenvalue weighted by molar-refractivity contribution is -0.385. The second-order valence-corrected chi connectivity index (χ2v) is 6.90. The molecule has 3 rings (SSSR count). The normalized spacial score (nSPS) is 14.4. The molecule has 9 heteroatoms. The fourth-order valence-electron chi connectivity index (χ4n) is 3.05. The van der Waals surface area contributed by atoms with E-state index >= 15 is 0 Å². The summed E-state index contributed by atoms with van der Waals surface area (Å²) < 4.78 is 0. The summed E-state index contributed by atoms with van der Waals surface area (Å²) in [6.45, 7) is 3.72. The predicted octanol–water partition coefficient (Wildman–Crippen LogP) is 2.47. The number of nitro groups is 1. The van der Waals surface area contributed by atoms with Crippen molar-refractivity contribution in [3.63, 3.8) is 0 Å². The highest BCUT2D eigenvalue weighted by Crippen LogP contribution is 2.26. The number of hydrogen-bond acceptors (Lipinski definition) is 6. The number of carbonyl (C=O) groups is 1. The molecule has 1 saturated heterocycles. The van der Waals surface area contributed by atoms with Crippen molar-refractivity contribution < 1.29 is 9.72 Å². The molecule has 0 atom stereocenters. The van der Waals surface area contributed by atoms with E-state index < -0.39 is 10.8 Å². The van der Waals surface area contributed by atoms with Crippen LogP contribution in [0.25, 0.3) is 0 Å². The largest absolute Gasteiger partial charge is 0.367 e. The van der Waals surface area contributed by atoms with Gasteiger partial charge in [0.25, 0.3) is 11.6 Å². The molecule has 1 amide bonds. The van der Waals surface area contributed by atoms with E-state index in [9.17, 15) is 14.9 Å². The van der Waals surface area contributed by atoms with Gasteiger partial charge in [-0.3, -0.25) is 20.2 Å². The molecule has 0 bridgehead atoms. The van der Waals surface area contributed by atoms with Crippen LogP contribution >= 0.6 is 12.2 Å². The Hall–Kier alpha value is -3.04. The number of nitro benzene ring substituents is 1. The molecular weight excluding hydrogens is 378 g/mol. The van der Waals surface area contributed by atoms with Gasteiger partial charge in [-0.05, 0) is 37.5 Å². The summed E-state index contributed by atoms with van der Waals surface area (Å²) in [6.07, 6.45) is 0. The molecule has 2 aromatic carbocycles. The zero-order valence-electron chi connectivity index (χ0n) is 15.4. The van der Waals surface area contributed by atoms with Crippen LogP contribution in [0, 0.1) is 10.1 Å². The van der Waals surface area contributed by atoms with Gasteiger partial charge >= 0.3 is 0 Å². The number of nitrogens with zero attached hydrogens (tertiary/aromatic N) is 3. The lowest BCUT2D eigenvalue weighted by Crippen LogP contribution is -2.45. The molecule has 0 aliphatic carbocycles. The van der Waals surface area contributed by atoms with Gasteiger partial charge in [-0.25, -0.2) is 0 Å². The lowest BCUT2D eigenvalue weighted by atomic mass is 10.1. The van der Waals surface area contributed by atoms with Gasteiger partial charge in [0.15, 0.2) is 5.11 Å². The van der Waals surface area contributed by atoms with Crippen LogP contribution in [0.4, 0.5) is 17.1 Å². The summed E-state index contributed by atoms with van der Waals surface area (Å²) in [5.74, 6) is -0.623. The SMILES string of the molecule is CN1CCN(c2ccccc2NC(=S)NC(=O)c2ccccc2[N+](=O)[O-])CC1. The van der Waals surface area contributed by atoms with Gasteiger partial charge in [0.1, 0.15) is 5.56 Å². The minimum Gasteiger partial charge on any atom is -0.367 e. The number of anilines is 2. The van der Waals surface area contributed by atoms with Gasteiger partial charge < -0.3 is 15.1 Å².